The van der Waals surface area contributed by atoms with E-state index in [4.69, 9.17) is 4.74 Å². The first-order valence-electron chi connectivity index (χ1n) is 5.64. The minimum atomic E-state index is -0.579. The van der Waals surface area contributed by atoms with Crippen molar-refractivity contribution in [3.05, 3.63) is 53.5 Å². The molecule has 94 valence electrons. The first-order valence-corrected chi connectivity index (χ1v) is 5.64. The highest BCUT2D eigenvalue weighted by atomic mass is 19.1. The highest BCUT2D eigenvalue weighted by Gasteiger charge is 2.06. The third-order valence-electron chi connectivity index (χ3n) is 2.59. The molecule has 0 fully saturated rings. The van der Waals surface area contributed by atoms with Crippen molar-refractivity contribution in [2.45, 2.75) is 20.0 Å². The van der Waals surface area contributed by atoms with Gasteiger partial charge in [-0.3, -0.25) is 0 Å². The molecule has 3 nitrogen and oxygen atoms in total. The van der Waals surface area contributed by atoms with Crippen molar-refractivity contribution < 1.29 is 14.2 Å². The molecule has 0 radical (unpaired) electrons. The normalized spacial score (nSPS) is 12.2. The second kappa shape index (κ2) is 5.14. The quantitative estimate of drug-likeness (QED) is 0.904. The zero-order chi connectivity index (χ0) is 13.1. The summed E-state index contributed by atoms with van der Waals surface area (Å²) >= 11 is 0. The summed E-state index contributed by atoms with van der Waals surface area (Å²) in [5.41, 5.74) is 1.42. The Labute approximate surface area is 105 Å². The Balaban J connectivity index is 2.25. The molecule has 0 unspecified atom stereocenters. The average Bonchev–Trinajstić information content (AvgIpc) is 2.33. The van der Waals surface area contributed by atoms with Gasteiger partial charge in [-0.15, -0.1) is 0 Å². The fourth-order valence-electron chi connectivity index (χ4n) is 1.58. The Kier molecular flexibility index (Phi) is 3.58. The molecule has 2 aromatic rings. The predicted molar refractivity (Wildman–Crippen MR) is 66.1 cm³/mol. The Bertz CT molecular complexity index is 555. The second-order valence-electron chi connectivity index (χ2n) is 4.12. The number of aliphatic hydroxyl groups excluding tert-OH is 1. The van der Waals surface area contributed by atoms with Crippen LogP contribution in [0.1, 0.15) is 24.2 Å². The van der Waals surface area contributed by atoms with Gasteiger partial charge in [0.25, 0.3) is 0 Å². The van der Waals surface area contributed by atoms with Crippen molar-refractivity contribution in [2.75, 3.05) is 0 Å². The molecule has 4 heteroatoms. The molecular formula is C14H14FNO2. The van der Waals surface area contributed by atoms with Crippen LogP contribution in [0, 0.1) is 12.7 Å². The Morgan fingerprint density at radius 2 is 2.06 bits per heavy atom. The SMILES string of the molecule is Cc1cc(F)ccc1Oc1cc([C@@H](C)O)ccn1. The summed E-state index contributed by atoms with van der Waals surface area (Å²) in [6.45, 7) is 3.43. The van der Waals surface area contributed by atoms with Crippen LogP contribution in [0.3, 0.4) is 0 Å². The molecule has 0 amide bonds. The number of rotatable bonds is 3. The molecule has 18 heavy (non-hydrogen) atoms. The van der Waals surface area contributed by atoms with Crippen LogP contribution in [0.25, 0.3) is 0 Å². The van der Waals surface area contributed by atoms with E-state index < -0.39 is 6.10 Å². The highest BCUT2D eigenvalue weighted by Crippen LogP contribution is 2.25. The van der Waals surface area contributed by atoms with Crippen molar-refractivity contribution in [1.29, 1.82) is 0 Å². The van der Waals surface area contributed by atoms with E-state index in [1.54, 1.807) is 38.2 Å². The Hall–Kier alpha value is -1.94. The maximum atomic E-state index is 13.0. The lowest BCUT2D eigenvalue weighted by molar-refractivity contribution is 0.198. The van der Waals surface area contributed by atoms with Crippen LogP contribution in [0.15, 0.2) is 36.5 Å². The van der Waals surface area contributed by atoms with Crippen LogP contribution in [0.5, 0.6) is 11.6 Å². The Morgan fingerprint density at radius 1 is 1.28 bits per heavy atom. The van der Waals surface area contributed by atoms with Crippen LogP contribution in [0.4, 0.5) is 4.39 Å². The molecule has 0 aliphatic heterocycles. The minimum absolute atomic E-state index is 0.300. The van der Waals surface area contributed by atoms with Gasteiger partial charge in [0.2, 0.25) is 5.88 Å². The molecule has 0 bridgehead atoms. The zero-order valence-electron chi connectivity index (χ0n) is 10.2. The van der Waals surface area contributed by atoms with Crippen molar-refractivity contribution in [1.82, 2.24) is 4.98 Å². The zero-order valence-corrected chi connectivity index (χ0v) is 10.2. The minimum Gasteiger partial charge on any atom is -0.439 e. The summed E-state index contributed by atoms with van der Waals surface area (Å²) < 4.78 is 18.5. The standard InChI is InChI=1S/C14H14FNO2/c1-9-7-12(15)3-4-13(9)18-14-8-11(10(2)17)5-6-16-14/h3-8,10,17H,1-2H3/t10-/m1/s1. The smallest absolute Gasteiger partial charge is 0.219 e. The third-order valence-corrected chi connectivity index (χ3v) is 2.59. The number of hydrogen-bond donors (Lipinski definition) is 1. The molecule has 0 spiro atoms. The predicted octanol–water partition coefficient (Wildman–Crippen LogP) is 3.37. The summed E-state index contributed by atoms with van der Waals surface area (Å²) in [6, 6.07) is 7.67. The van der Waals surface area contributed by atoms with Gasteiger partial charge >= 0.3 is 0 Å². The molecule has 1 aromatic carbocycles. The number of aryl methyl sites for hydroxylation is 1. The van der Waals surface area contributed by atoms with Crippen molar-refractivity contribution in [2.24, 2.45) is 0 Å². The molecule has 0 saturated carbocycles. The summed E-state index contributed by atoms with van der Waals surface area (Å²) in [4.78, 5) is 4.05. The number of ether oxygens (including phenoxy) is 1. The monoisotopic (exact) mass is 247 g/mol. The summed E-state index contributed by atoms with van der Waals surface area (Å²) in [7, 11) is 0. The van der Waals surface area contributed by atoms with Crippen LogP contribution in [-0.4, -0.2) is 10.1 Å². The van der Waals surface area contributed by atoms with Gasteiger partial charge in [0.1, 0.15) is 11.6 Å². The molecule has 1 atom stereocenters. The first-order chi connectivity index (χ1) is 8.56. The highest BCUT2D eigenvalue weighted by molar-refractivity contribution is 5.36. The van der Waals surface area contributed by atoms with Crippen LogP contribution in [0.2, 0.25) is 0 Å². The van der Waals surface area contributed by atoms with Crippen molar-refractivity contribution in [3.63, 3.8) is 0 Å². The molecule has 0 saturated heterocycles. The number of pyridine rings is 1. The maximum Gasteiger partial charge on any atom is 0.219 e. The molecule has 1 heterocycles. The van der Waals surface area contributed by atoms with Gasteiger partial charge in [-0.1, -0.05) is 0 Å². The Morgan fingerprint density at radius 3 is 2.72 bits per heavy atom. The van der Waals surface area contributed by atoms with Crippen LogP contribution < -0.4 is 4.74 Å². The van der Waals surface area contributed by atoms with Crippen LogP contribution in [-0.2, 0) is 0 Å². The summed E-state index contributed by atoms with van der Waals surface area (Å²) in [6.07, 6.45) is 0.987. The van der Waals surface area contributed by atoms with Gasteiger partial charge in [0.05, 0.1) is 6.10 Å². The molecule has 0 aliphatic carbocycles. The lowest BCUT2D eigenvalue weighted by Crippen LogP contribution is -1.95. The largest absolute Gasteiger partial charge is 0.439 e. The van der Waals surface area contributed by atoms with Gasteiger partial charge in [-0.25, -0.2) is 9.37 Å². The lowest BCUT2D eigenvalue weighted by Gasteiger charge is -2.10. The van der Waals surface area contributed by atoms with Gasteiger partial charge in [-0.2, -0.15) is 0 Å². The van der Waals surface area contributed by atoms with Gasteiger partial charge < -0.3 is 9.84 Å². The van der Waals surface area contributed by atoms with Gasteiger partial charge in [0.15, 0.2) is 0 Å². The van der Waals surface area contributed by atoms with E-state index >= 15 is 0 Å². The number of hydrogen-bond acceptors (Lipinski definition) is 3. The van der Waals surface area contributed by atoms with Crippen molar-refractivity contribution in [3.8, 4) is 11.6 Å². The molecule has 1 aromatic heterocycles. The maximum absolute atomic E-state index is 13.0. The second-order valence-corrected chi connectivity index (χ2v) is 4.12. The van der Waals surface area contributed by atoms with Crippen molar-refractivity contribution >= 4 is 0 Å². The number of aliphatic hydroxyl groups is 1. The molecule has 2 rings (SSSR count). The van der Waals surface area contributed by atoms with E-state index in [2.05, 4.69) is 4.98 Å². The third kappa shape index (κ3) is 2.84. The van der Waals surface area contributed by atoms with E-state index in [1.807, 2.05) is 0 Å². The fraction of sp³-hybridized carbons (Fsp3) is 0.214. The summed E-state index contributed by atoms with van der Waals surface area (Å²) in [5.74, 6) is 0.625. The van der Waals surface area contributed by atoms with E-state index in [1.165, 1.54) is 12.1 Å². The van der Waals surface area contributed by atoms with E-state index in [9.17, 15) is 9.50 Å². The van der Waals surface area contributed by atoms with E-state index in [0.717, 1.165) is 5.56 Å². The number of nitrogens with zero attached hydrogens (tertiary/aromatic N) is 1. The number of halogens is 1. The summed E-state index contributed by atoms with van der Waals surface area (Å²) in [5, 5.41) is 9.47. The van der Waals surface area contributed by atoms with Crippen LogP contribution >= 0.6 is 0 Å². The van der Waals surface area contributed by atoms with E-state index in [-0.39, 0.29) is 5.82 Å². The number of benzene rings is 1. The fourth-order valence-corrected chi connectivity index (χ4v) is 1.58. The topological polar surface area (TPSA) is 42.4 Å². The molecule has 1 N–H and O–H groups in total. The lowest BCUT2D eigenvalue weighted by atomic mass is 10.2. The average molecular weight is 247 g/mol. The number of aromatic nitrogens is 1. The molecule has 0 aliphatic rings. The van der Waals surface area contributed by atoms with Gasteiger partial charge in [-0.05, 0) is 49.2 Å². The molecular weight excluding hydrogens is 233 g/mol. The van der Waals surface area contributed by atoms with E-state index in [0.29, 0.717) is 17.2 Å². The first kappa shape index (κ1) is 12.5. The van der Waals surface area contributed by atoms with Gasteiger partial charge in [0, 0.05) is 12.3 Å².